The summed E-state index contributed by atoms with van der Waals surface area (Å²) in [5.74, 6) is 1.62. The zero-order valence-corrected chi connectivity index (χ0v) is 16.2. The summed E-state index contributed by atoms with van der Waals surface area (Å²) in [5, 5.41) is 4.19. The zero-order chi connectivity index (χ0) is 18.4. The fourth-order valence-corrected chi connectivity index (χ4v) is 4.17. The Hall–Kier alpha value is -1.47. The van der Waals surface area contributed by atoms with Crippen LogP contribution in [0.4, 0.5) is 0 Å². The Morgan fingerprint density at radius 1 is 1.15 bits per heavy atom. The number of nitrogens with zero attached hydrogens (tertiary/aromatic N) is 4. The van der Waals surface area contributed by atoms with Crippen LogP contribution in [0.5, 0.6) is 0 Å². The first kappa shape index (κ1) is 19.3. The molecule has 7 heteroatoms. The second kappa shape index (κ2) is 8.95. The number of aromatic nitrogens is 2. The molecule has 0 spiro atoms. The predicted molar refractivity (Wildman–Crippen MR) is 97.9 cm³/mol. The third-order valence-corrected chi connectivity index (χ3v) is 5.92. The van der Waals surface area contributed by atoms with E-state index in [-0.39, 0.29) is 11.3 Å². The zero-order valence-electron chi connectivity index (χ0n) is 16.2. The minimum absolute atomic E-state index is 0.146. The molecule has 0 aromatic carbocycles. The molecule has 2 aliphatic rings. The van der Waals surface area contributed by atoms with Crippen LogP contribution in [0.3, 0.4) is 0 Å². The lowest BCUT2D eigenvalue weighted by molar-refractivity contribution is -0.134. The third kappa shape index (κ3) is 4.62. The number of aryl methyl sites for hydroxylation is 1. The van der Waals surface area contributed by atoms with Crippen molar-refractivity contribution in [3.8, 4) is 0 Å². The third-order valence-electron chi connectivity index (χ3n) is 5.92. The van der Waals surface area contributed by atoms with Crippen LogP contribution in [0.2, 0.25) is 0 Å². The van der Waals surface area contributed by atoms with Gasteiger partial charge < -0.3 is 14.2 Å². The van der Waals surface area contributed by atoms with Crippen LogP contribution in [0.15, 0.2) is 4.52 Å². The Kier molecular flexibility index (Phi) is 6.64. The van der Waals surface area contributed by atoms with E-state index in [1.54, 1.807) is 7.11 Å². The van der Waals surface area contributed by atoms with Gasteiger partial charge in [0.05, 0.1) is 6.54 Å². The fraction of sp³-hybridized carbons (Fsp3) is 0.842. The van der Waals surface area contributed by atoms with E-state index in [0.29, 0.717) is 19.0 Å². The second-order valence-electron chi connectivity index (χ2n) is 7.73. The molecule has 0 N–H and O–H groups in total. The van der Waals surface area contributed by atoms with Gasteiger partial charge in [-0.15, -0.1) is 0 Å². The molecule has 0 bridgehead atoms. The van der Waals surface area contributed by atoms with Crippen LogP contribution >= 0.6 is 0 Å². The molecule has 0 aliphatic carbocycles. The first-order valence-electron chi connectivity index (χ1n) is 9.93. The summed E-state index contributed by atoms with van der Waals surface area (Å²) >= 11 is 0. The van der Waals surface area contributed by atoms with Crippen LogP contribution in [0.1, 0.15) is 56.7 Å². The van der Waals surface area contributed by atoms with Gasteiger partial charge in [0.25, 0.3) is 0 Å². The lowest BCUT2D eigenvalue weighted by atomic mass is 9.75. The van der Waals surface area contributed by atoms with E-state index < -0.39 is 0 Å². The number of hydrogen-bond donors (Lipinski definition) is 0. The Morgan fingerprint density at radius 2 is 1.85 bits per heavy atom. The largest absolute Gasteiger partial charge is 0.385 e. The molecule has 0 saturated carbocycles. The summed E-state index contributed by atoms with van der Waals surface area (Å²) < 4.78 is 10.5. The summed E-state index contributed by atoms with van der Waals surface area (Å²) in [7, 11) is 1.72. The van der Waals surface area contributed by atoms with Crippen molar-refractivity contribution in [2.24, 2.45) is 0 Å². The Morgan fingerprint density at radius 3 is 2.42 bits per heavy atom. The maximum atomic E-state index is 12.8. The maximum Gasteiger partial charge on any atom is 0.236 e. The van der Waals surface area contributed by atoms with Gasteiger partial charge in [-0.05, 0) is 45.2 Å². The molecule has 1 aromatic heterocycles. The smallest absolute Gasteiger partial charge is 0.236 e. The van der Waals surface area contributed by atoms with Crippen molar-refractivity contribution >= 4 is 5.91 Å². The molecular weight excluding hydrogens is 332 g/mol. The van der Waals surface area contributed by atoms with E-state index in [9.17, 15) is 4.79 Å². The highest BCUT2D eigenvalue weighted by atomic mass is 16.5. The number of rotatable bonds is 6. The van der Waals surface area contributed by atoms with Crippen molar-refractivity contribution in [1.29, 1.82) is 0 Å². The molecule has 2 saturated heterocycles. The van der Waals surface area contributed by atoms with E-state index in [0.717, 1.165) is 51.3 Å². The molecule has 3 heterocycles. The lowest BCUT2D eigenvalue weighted by Gasteiger charge is -2.40. The van der Waals surface area contributed by atoms with E-state index in [2.05, 4.69) is 15.0 Å². The Balaban J connectivity index is 1.59. The summed E-state index contributed by atoms with van der Waals surface area (Å²) in [4.78, 5) is 21.6. The van der Waals surface area contributed by atoms with Gasteiger partial charge in [-0.3, -0.25) is 9.69 Å². The summed E-state index contributed by atoms with van der Waals surface area (Å²) in [6, 6.07) is 0. The van der Waals surface area contributed by atoms with Crippen molar-refractivity contribution in [2.75, 3.05) is 46.4 Å². The van der Waals surface area contributed by atoms with Crippen LogP contribution in [0.25, 0.3) is 0 Å². The van der Waals surface area contributed by atoms with Gasteiger partial charge in [-0.25, -0.2) is 0 Å². The molecular formula is C19H32N4O3. The number of likely N-dealkylation sites (tertiary alicyclic amines) is 2. The van der Waals surface area contributed by atoms with Crippen LogP contribution in [-0.4, -0.2) is 72.3 Å². The normalized spacial score (nSPS) is 21.5. The number of piperidine rings is 1. The number of ether oxygens (including phenoxy) is 1. The molecule has 7 nitrogen and oxygen atoms in total. The molecule has 2 fully saturated rings. The van der Waals surface area contributed by atoms with Gasteiger partial charge in [-0.1, -0.05) is 18.0 Å². The van der Waals surface area contributed by atoms with Crippen molar-refractivity contribution in [2.45, 2.75) is 57.3 Å². The topological polar surface area (TPSA) is 71.7 Å². The van der Waals surface area contributed by atoms with Crippen LogP contribution in [-0.2, 0) is 14.9 Å². The van der Waals surface area contributed by atoms with Crippen molar-refractivity contribution in [1.82, 2.24) is 19.9 Å². The molecule has 146 valence electrons. The van der Waals surface area contributed by atoms with Crippen molar-refractivity contribution < 1.29 is 14.1 Å². The van der Waals surface area contributed by atoms with Gasteiger partial charge in [-0.2, -0.15) is 4.98 Å². The van der Waals surface area contributed by atoms with Gasteiger partial charge >= 0.3 is 0 Å². The molecule has 2 aliphatic heterocycles. The highest BCUT2D eigenvalue weighted by molar-refractivity contribution is 5.78. The van der Waals surface area contributed by atoms with Crippen molar-refractivity contribution in [3.05, 3.63) is 11.7 Å². The Bertz CT molecular complexity index is 573. The average molecular weight is 364 g/mol. The summed E-state index contributed by atoms with van der Waals surface area (Å²) in [6.45, 7) is 6.66. The van der Waals surface area contributed by atoms with Gasteiger partial charge in [0, 0.05) is 39.1 Å². The average Bonchev–Trinajstić information content (AvgIpc) is 2.93. The number of carbonyl (C=O) groups excluding carboxylic acids is 1. The van der Waals surface area contributed by atoms with Crippen molar-refractivity contribution in [3.63, 3.8) is 0 Å². The van der Waals surface area contributed by atoms with Gasteiger partial charge in [0.15, 0.2) is 5.82 Å². The quantitative estimate of drug-likeness (QED) is 0.770. The highest BCUT2D eigenvalue weighted by Crippen LogP contribution is 2.37. The lowest BCUT2D eigenvalue weighted by Crippen LogP contribution is -2.49. The number of amides is 1. The second-order valence-corrected chi connectivity index (χ2v) is 7.73. The SMILES string of the molecule is COCCC1(c2noc(C)n2)CCN(C(=O)CN2CCCCCC2)CC1. The number of methoxy groups -OCH3 is 1. The van der Waals surface area contributed by atoms with Crippen LogP contribution in [0, 0.1) is 6.92 Å². The molecule has 1 aromatic rings. The molecule has 0 atom stereocenters. The van der Waals surface area contributed by atoms with E-state index in [4.69, 9.17) is 9.26 Å². The van der Waals surface area contributed by atoms with Gasteiger partial charge in [0.2, 0.25) is 11.8 Å². The standard InChI is InChI=1S/C19H32N4O3/c1-16-20-18(21-26-16)19(9-14-25-2)7-12-23(13-8-19)17(24)15-22-10-5-3-4-6-11-22/h3-15H2,1-2H3. The van der Waals surface area contributed by atoms with E-state index in [1.807, 2.05) is 11.8 Å². The first-order chi connectivity index (χ1) is 12.6. The maximum absolute atomic E-state index is 12.8. The van der Waals surface area contributed by atoms with E-state index >= 15 is 0 Å². The molecule has 1 amide bonds. The fourth-order valence-electron chi connectivity index (χ4n) is 4.17. The predicted octanol–water partition coefficient (Wildman–Crippen LogP) is 2.15. The Labute approximate surface area is 156 Å². The van der Waals surface area contributed by atoms with Crippen LogP contribution < -0.4 is 0 Å². The van der Waals surface area contributed by atoms with Gasteiger partial charge in [0.1, 0.15) is 0 Å². The molecule has 0 unspecified atom stereocenters. The highest BCUT2D eigenvalue weighted by Gasteiger charge is 2.40. The van der Waals surface area contributed by atoms with E-state index in [1.165, 1.54) is 25.7 Å². The number of hydrogen-bond acceptors (Lipinski definition) is 6. The minimum Gasteiger partial charge on any atom is -0.385 e. The minimum atomic E-state index is -0.146. The first-order valence-corrected chi connectivity index (χ1v) is 9.93. The molecule has 3 rings (SSSR count). The monoisotopic (exact) mass is 364 g/mol. The molecule has 0 radical (unpaired) electrons. The number of carbonyl (C=O) groups is 1. The molecule has 26 heavy (non-hydrogen) atoms. The summed E-state index contributed by atoms with van der Waals surface area (Å²) in [5.41, 5.74) is -0.146. The summed E-state index contributed by atoms with van der Waals surface area (Å²) in [6.07, 6.45) is 7.59.